The first-order valence-corrected chi connectivity index (χ1v) is 6.67. The van der Waals surface area contributed by atoms with Crippen LogP contribution in [0.1, 0.15) is 13.3 Å². The maximum absolute atomic E-state index is 11.5. The van der Waals surface area contributed by atoms with E-state index in [1.165, 1.54) is 6.92 Å². The Morgan fingerprint density at radius 1 is 1.35 bits per heavy atom. The van der Waals surface area contributed by atoms with E-state index in [9.17, 15) is 14.7 Å². The standard InChI is InChI=1S/C13H16BrNO5/c1-13(19,6-12(17)18)8-15-11(16)7-20-10-4-2-9(14)3-5-10/h2-5,19H,6-8H2,1H3,(H,15,16)(H,17,18). The third-order valence-electron chi connectivity index (χ3n) is 2.38. The van der Waals surface area contributed by atoms with Crippen LogP contribution in [0, 0.1) is 0 Å². The highest BCUT2D eigenvalue weighted by Crippen LogP contribution is 2.15. The number of rotatable bonds is 7. The zero-order chi connectivity index (χ0) is 15.2. The van der Waals surface area contributed by atoms with Gasteiger partial charge in [0.1, 0.15) is 5.75 Å². The number of carbonyl (C=O) groups is 2. The summed E-state index contributed by atoms with van der Waals surface area (Å²) >= 11 is 3.28. The minimum atomic E-state index is -1.49. The summed E-state index contributed by atoms with van der Waals surface area (Å²) in [5.74, 6) is -1.02. The molecule has 1 amide bonds. The van der Waals surface area contributed by atoms with Crippen molar-refractivity contribution in [2.75, 3.05) is 13.2 Å². The molecule has 0 fully saturated rings. The third kappa shape index (κ3) is 6.53. The molecule has 110 valence electrons. The molecule has 0 bridgehead atoms. The highest BCUT2D eigenvalue weighted by atomic mass is 79.9. The summed E-state index contributed by atoms with van der Waals surface area (Å²) in [6, 6.07) is 6.98. The Bertz CT molecular complexity index is 472. The van der Waals surface area contributed by atoms with Crippen LogP contribution >= 0.6 is 15.9 Å². The quantitative estimate of drug-likeness (QED) is 0.689. The topological polar surface area (TPSA) is 95.9 Å². The predicted octanol–water partition coefficient (Wildman–Crippen LogP) is 1.17. The number of halogens is 1. The van der Waals surface area contributed by atoms with Crippen molar-refractivity contribution in [3.05, 3.63) is 28.7 Å². The van der Waals surface area contributed by atoms with Gasteiger partial charge < -0.3 is 20.3 Å². The van der Waals surface area contributed by atoms with Gasteiger partial charge in [-0.1, -0.05) is 15.9 Å². The maximum Gasteiger partial charge on any atom is 0.306 e. The second-order valence-corrected chi connectivity index (χ2v) is 5.50. The van der Waals surface area contributed by atoms with Crippen LogP contribution in [0.3, 0.4) is 0 Å². The lowest BCUT2D eigenvalue weighted by Gasteiger charge is -2.21. The van der Waals surface area contributed by atoms with Crippen molar-refractivity contribution in [1.29, 1.82) is 0 Å². The SMILES string of the molecule is CC(O)(CNC(=O)COc1ccc(Br)cc1)CC(=O)O. The lowest BCUT2D eigenvalue weighted by Crippen LogP contribution is -2.43. The summed E-state index contributed by atoms with van der Waals surface area (Å²) in [5.41, 5.74) is -1.49. The molecule has 1 unspecified atom stereocenters. The van der Waals surface area contributed by atoms with Crippen molar-refractivity contribution in [2.45, 2.75) is 18.9 Å². The molecular weight excluding hydrogens is 330 g/mol. The Kier molecular flexibility index (Phi) is 5.97. The fraction of sp³-hybridized carbons (Fsp3) is 0.385. The summed E-state index contributed by atoms with van der Waals surface area (Å²) in [6.07, 6.45) is -0.444. The molecule has 1 rings (SSSR count). The summed E-state index contributed by atoms with van der Waals surface area (Å²) < 4.78 is 6.14. The van der Waals surface area contributed by atoms with E-state index in [4.69, 9.17) is 9.84 Å². The van der Waals surface area contributed by atoms with Crippen molar-refractivity contribution in [2.24, 2.45) is 0 Å². The minimum absolute atomic E-state index is 0.151. The average Bonchev–Trinajstić information content (AvgIpc) is 2.34. The zero-order valence-corrected chi connectivity index (χ0v) is 12.5. The van der Waals surface area contributed by atoms with Gasteiger partial charge in [0.2, 0.25) is 0 Å². The van der Waals surface area contributed by atoms with Gasteiger partial charge in [0, 0.05) is 11.0 Å². The first-order valence-electron chi connectivity index (χ1n) is 5.88. The Labute approximate surface area is 124 Å². The summed E-state index contributed by atoms with van der Waals surface area (Å²) in [6.45, 7) is 0.990. The summed E-state index contributed by atoms with van der Waals surface area (Å²) in [4.78, 5) is 22.0. The summed E-state index contributed by atoms with van der Waals surface area (Å²) in [7, 11) is 0. The van der Waals surface area contributed by atoms with Crippen LogP contribution in [0.15, 0.2) is 28.7 Å². The Balaban J connectivity index is 2.33. The van der Waals surface area contributed by atoms with Crippen molar-refractivity contribution < 1.29 is 24.5 Å². The molecule has 3 N–H and O–H groups in total. The highest BCUT2D eigenvalue weighted by molar-refractivity contribution is 9.10. The van der Waals surface area contributed by atoms with Gasteiger partial charge in [0.25, 0.3) is 5.91 Å². The normalized spacial score (nSPS) is 13.3. The number of nitrogens with one attached hydrogen (secondary N) is 1. The van der Waals surface area contributed by atoms with Gasteiger partial charge in [-0.3, -0.25) is 9.59 Å². The zero-order valence-electron chi connectivity index (χ0n) is 10.9. The number of ether oxygens (including phenoxy) is 1. The van der Waals surface area contributed by atoms with Crippen LogP contribution in [0.5, 0.6) is 5.75 Å². The van der Waals surface area contributed by atoms with Crippen molar-refractivity contribution in [1.82, 2.24) is 5.32 Å². The molecule has 0 heterocycles. The Hall–Kier alpha value is -1.60. The molecule has 0 aliphatic carbocycles. The van der Waals surface area contributed by atoms with Crippen LogP contribution in [0.4, 0.5) is 0 Å². The summed E-state index contributed by atoms with van der Waals surface area (Å²) in [5, 5.41) is 20.7. The lowest BCUT2D eigenvalue weighted by atomic mass is 10.0. The van der Waals surface area contributed by atoms with Gasteiger partial charge in [-0.25, -0.2) is 0 Å². The molecule has 0 aliphatic rings. The van der Waals surface area contributed by atoms with E-state index in [0.29, 0.717) is 5.75 Å². The first-order chi connectivity index (χ1) is 9.28. The van der Waals surface area contributed by atoms with Crippen molar-refractivity contribution in [3.63, 3.8) is 0 Å². The molecule has 0 aromatic heterocycles. The van der Waals surface area contributed by atoms with Gasteiger partial charge >= 0.3 is 5.97 Å². The third-order valence-corrected chi connectivity index (χ3v) is 2.91. The maximum atomic E-state index is 11.5. The lowest BCUT2D eigenvalue weighted by molar-refractivity contribution is -0.142. The fourth-order valence-electron chi connectivity index (χ4n) is 1.41. The predicted molar refractivity (Wildman–Crippen MR) is 75.5 cm³/mol. The van der Waals surface area contributed by atoms with Crippen LogP contribution in [-0.2, 0) is 9.59 Å². The molecule has 0 radical (unpaired) electrons. The fourth-order valence-corrected chi connectivity index (χ4v) is 1.67. The number of aliphatic carboxylic acids is 1. The van der Waals surface area contributed by atoms with Gasteiger partial charge in [0.15, 0.2) is 6.61 Å². The number of hydrogen-bond donors (Lipinski definition) is 3. The van der Waals surface area contributed by atoms with Crippen LogP contribution < -0.4 is 10.1 Å². The molecule has 0 saturated heterocycles. The largest absolute Gasteiger partial charge is 0.484 e. The molecule has 1 atom stereocenters. The van der Waals surface area contributed by atoms with Gasteiger partial charge in [-0.2, -0.15) is 0 Å². The second kappa shape index (κ2) is 7.25. The monoisotopic (exact) mass is 345 g/mol. The van der Waals surface area contributed by atoms with Gasteiger partial charge in [0.05, 0.1) is 12.0 Å². The number of amides is 1. The van der Waals surface area contributed by atoms with Crippen LogP contribution in [-0.4, -0.2) is 40.8 Å². The molecular formula is C13H16BrNO5. The van der Waals surface area contributed by atoms with E-state index in [1.807, 2.05) is 0 Å². The smallest absolute Gasteiger partial charge is 0.306 e. The molecule has 0 saturated carbocycles. The van der Waals surface area contributed by atoms with E-state index >= 15 is 0 Å². The second-order valence-electron chi connectivity index (χ2n) is 4.59. The number of carboxylic acid groups (broad SMARTS) is 1. The van der Waals surface area contributed by atoms with Crippen LogP contribution in [0.2, 0.25) is 0 Å². The Morgan fingerprint density at radius 2 is 1.95 bits per heavy atom. The van der Waals surface area contributed by atoms with E-state index in [2.05, 4.69) is 21.2 Å². The number of carbonyl (C=O) groups excluding carboxylic acids is 1. The Morgan fingerprint density at radius 3 is 2.50 bits per heavy atom. The molecule has 1 aromatic rings. The first kappa shape index (κ1) is 16.5. The van der Waals surface area contributed by atoms with E-state index in [-0.39, 0.29) is 13.2 Å². The molecule has 20 heavy (non-hydrogen) atoms. The number of aliphatic hydroxyl groups is 1. The van der Waals surface area contributed by atoms with Gasteiger partial charge in [-0.05, 0) is 31.2 Å². The molecule has 6 nitrogen and oxygen atoms in total. The van der Waals surface area contributed by atoms with Gasteiger partial charge in [-0.15, -0.1) is 0 Å². The molecule has 7 heteroatoms. The minimum Gasteiger partial charge on any atom is -0.484 e. The molecule has 0 spiro atoms. The van der Waals surface area contributed by atoms with Crippen molar-refractivity contribution in [3.8, 4) is 5.75 Å². The number of carboxylic acids is 1. The molecule has 0 aliphatic heterocycles. The number of benzene rings is 1. The highest BCUT2D eigenvalue weighted by Gasteiger charge is 2.24. The van der Waals surface area contributed by atoms with E-state index in [1.54, 1.807) is 24.3 Å². The van der Waals surface area contributed by atoms with Crippen LogP contribution in [0.25, 0.3) is 0 Å². The van der Waals surface area contributed by atoms with E-state index < -0.39 is 23.9 Å². The van der Waals surface area contributed by atoms with Crippen molar-refractivity contribution >= 4 is 27.8 Å². The average molecular weight is 346 g/mol. The number of hydrogen-bond acceptors (Lipinski definition) is 4. The molecule has 1 aromatic carbocycles. The van der Waals surface area contributed by atoms with E-state index in [0.717, 1.165) is 4.47 Å².